The van der Waals surface area contributed by atoms with Gasteiger partial charge in [-0.25, -0.2) is 4.79 Å². The average Bonchev–Trinajstić information content (AvgIpc) is 2.84. The number of aliphatic carboxylic acids is 1. The zero-order valence-corrected chi connectivity index (χ0v) is 19.3. The van der Waals surface area contributed by atoms with Crippen molar-refractivity contribution in [1.29, 1.82) is 0 Å². The number of hydrogen-bond donors (Lipinski definition) is 7. The number of carbonyl (C=O) groups excluding carboxylic acids is 4. The molecular weight excluding hydrogens is 470 g/mol. The number of carboxylic acid groups (broad SMARTS) is 1. The minimum absolute atomic E-state index is 0.00190. The summed E-state index contributed by atoms with van der Waals surface area (Å²) in [4.78, 5) is 60.8. The molecule has 3 atom stereocenters. The molecule has 9 N–H and O–H groups in total. The lowest BCUT2D eigenvalue weighted by Gasteiger charge is -2.24. The normalized spacial score (nSPS) is 13.0. The smallest absolute Gasteiger partial charge is 0.326 e. The maximum Gasteiger partial charge on any atom is 0.326 e. The van der Waals surface area contributed by atoms with E-state index in [0.29, 0.717) is 11.1 Å². The van der Waals surface area contributed by atoms with Crippen LogP contribution in [-0.2, 0) is 36.8 Å². The van der Waals surface area contributed by atoms with Gasteiger partial charge in [-0.2, -0.15) is 0 Å². The molecule has 0 spiro atoms. The number of amides is 4. The van der Waals surface area contributed by atoms with Crippen LogP contribution < -0.4 is 27.4 Å². The fourth-order valence-electron chi connectivity index (χ4n) is 3.34. The summed E-state index contributed by atoms with van der Waals surface area (Å²) < 4.78 is 0. The average molecular weight is 500 g/mol. The van der Waals surface area contributed by atoms with Crippen molar-refractivity contribution in [2.75, 3.05) is 6.54 Å². The number of aromatic hydroxyl groups is 1. The molecule has 192 valence electrons. The van der Waals surface area contributed by atoms with Gasteiger partial charge in [0.25, 0.3) is 0 Å². The van der Waals surface area contributed by atoms with E-state index in [2.05, 4.69) is 16.0 Å². The Hall–Kier alpha value is -4.45. The van der Waals surface area contributed by atoms with Crippen molar-refractivity contribution < 1.29 is 34.2 Å². The third-order valence-corrected chi connectivity index (χ3v) is 5.15. The molecule has 2 aromatic rings. The molecule has 12 heteroatoms. The molecule has 0 aliphatic rings. The molecule has 0 saturated carbocycles. The van der Waals surface area contributed by atoms with E-state index in [4.69, 9.17) is 11.5 Å². The summed E-state index contributed by atoms with van der Waals surface area (Å²) in [6.07, 6.45) is -0.613. The van der Waals surface area contributed by atoms with E-state index < -0.39 is 54.1 Å². The minimum atomic E-state index is -1.59. The van der Waals surface area contributed by atoms with Crippen LogP contribution in [-0.4, -0.2) is 64.5 Å². The lowest BCUT2D eigenvalue weighted by atomic mass is 10.0. The zero-order chi connectivity index (χ0) is 26.7. The molecule has 12 nitrogen and oxygen atoms in total. The Morgan fingerprint density at radius 3 is 1.75 bits per heavy atom. The first-order chi connectivity index (χ1) is 17.1. The van der Waals surface area contributed by atoms with Gasteiger partial charge >= 0.3 is 5.97 Å². The largest absolute Gasteiger partial charge is 0.508 e. The molecule has 0 fully saturated rings. The molecule has 0 aromatic heterocycles. The van der Waals surface area contributed by atoms with Crippen LogP contribution in [0, 0.1) is 0 Å². The van der Waals surface area contributed by atoms with Crippen molar-refractivity contribution in [3.05, 3.63) is 65.7 Å². The number of phenols is 1. The van der Waals surface area contributed by atoms with Gasteiger partial charge in [0.15, 0.2) is 0 Å². The van der Waals surface area contributed by atoms with Crippen LogP contribution >= 0.6 is 0 Å². The highest BCUT2D eigenvalue weighted by atomic mass is 16.4. The van der Waals surface area contributed by atoms with Crippen LogP contribution in [0.1, 0.15) is 17.5 Å². The monoisotopic (exact) mass is 499 g/mol. The van der Waals surface area contributed by atoms with Gasteiger partial charge < -0.3 is 37.6 Å². The number of phenolic OH excluding ortho intramolecular Hbond substituents is 1. The molecule has 0 heterocycles. The zero-order valence-electron chi connectivity index (χ0n) is 19.3. The molecule has 36 heavy (non-hydrogen) atoms. The second-order valence-electron chi connectivity index (χ2n) is 8.02. The van der Waals surface area contributed by atoms with Crippen molar-refractivity contribution >= 4 is 29.6 Å². The minimum Gasteiger partial charge on any atom is -0.508 e. The number of carboxylic acids is 1. The molecule has 0 bridgehead atoms. The van der Waals surface area contributed by atoms with E-state index in [9.17, 15) is 34.2 Å². The Morgan fingerprint density at radius 2 is 1.25 bits per heavy atom. The lowest BCUT2D eigenvalue weighted by molar-refractivity contribution is -0.143. The van der Waals surface area contributed by atoms with E-state index in [1.807, 2.05) is 0 Å². The summed E-state index contributed by atoms with van der Waals surface area (Å²) in [5, 5.41) is 26.1. The predicted octanol–water partition coefficient (Wildman–Crippen LogP) is -1.45. The SMILES string of the molecule is NCC(=O)NC(Cc1ccc(O)cc1)C(=O)NC(Cc1ccccc1)C(=O)NC(CC(N)=O)C(=O)O. The first kappa shape index (κ1) is 27.8. The summed E-state index contributed by atoms with van der Waals surface area (Å²) >= 11 is 0. The Morgan fingerprint density at radius 1 is 0.750 bits per heavy atom. The van der Waals surface area contributed by atoms with Crippen LogP contribution in [0.5, 0.6) is 5.75 Å². The van der Waals surface area contributed by atoms with Crippen molar-refractivity contribution in [2.45, 2.75) is 37.4 Å². The predicted molar refractivity (Wildman–Crippen MR) is 128 cm³/mol. The second kappa shape index (κ2) is 13.4. The van der Waals surface area contributed by atoms with Crippen molar-refractivity contribution in [1.82, 2.24) is 16.0 Å². The number of nitrogens with one attached hydrogen (secondary N) is 3. The standard InChI is InChI=1S/C24H29N5O7/c25-13-21(32)27-17(11-15-6-8-16(30)9-7-15)22(33)28-18(10-14-4-2-1-3-5-14)23(34)29-19(24(35)36)12-20(26)31/h1-9,17-19,30H,10-13,25H2,(H2,26,31)(H,27,32)(H,28,33)(H,29,34)(H,35,36). The van der Waals surface area contributed by atoms with Gasteiger partial charge in [0, 0.05) is 12.8 Å². The first-order valence-electron chi connectivity index (χ1n) is 11.0. The molecular formula is C24H29N5O7. The maximum absolute atomic E-state index is 13.2. The van der Waals surface area contributed by atoms with Gasteiger partial charge in [0.2, 0.25) is 23.6 Å². The highest BCUT2D eigenvalue weighted by molar-refractivity contribution is 5.94. The van der Waals surface area contributed by atoms with Crippen LogP contribution in [0.15, 0.2) is 54.6 Å². The summed E-state index contributed by atoms with van der Waals surface area (Å²) in [6.45, 7) is -0.374. The Labute approximate surface area is 207 Å². The molecule has 0 aliphatic carbocycles. The summed E-state index contributed by atoms with van der Waals surface area (Å²) in [6, 6.07) is 10.7. The molecule has 0 saturated heterocycles. The van der Waals surface area contributed by atoms with Crippen LogP contribution in [0.25, 0.3) is 0 Å². The van der Waals surface area contributed by atoms with Crippen molar-refractivity contribution in [2.24, 2.45) is 11.5 Å². The third kappa shape index (κ3) is 9.06. The van der Waals surface area contributed by atoms with E-state index in [1.54, 1.807) is 42.5 Å². The Kier molecular flexibility index (Phi) is 10.4. The lowest BCUT2D eigenvalue weighted by Crippen LogP contribution is -2.57. The fourth-order valence-corrected chi connectivity index (χ4v) is 3.34. The summed E-state index contributed by atoms with van der Waals surface area (Å²) in [5.74, 6) is -4.55. The van der Waals surface area contributed by atoms with Crippen LogP contribution in [0.3, 0.4) is 0 Å². The van der Waals surface area contributed by atoms with Gasteiger partial charge in [0.05, 0.1) is 13.0 Å². The number of nitrogens with two attached hydrogens (primary N) is 2. The molecule has 2 rings (SSSR count). The topological polar surface area (TPSA) is 214 Å². The number of carbonyl (C=O) groups is 5. The van der Waals surface area contributed by atoms with Crippen molar-refractivity contribution in [3.8, 4) is 5.75 Å². The summed E-state index contributed by atoms with van der Waals surface area (Å²) in [7, 11) is 0. The van der Waals surface area contributed by atoms with Gasteiger partial charge in [-0.3, -0.25) is 19.2 Å². The highest BCUT2D eigenvalue weighted by Crippen LogP contribution is 2.12. The van der Waals surface area contributed by atoms with Crippen LogP contribution in [0.4, 0.5) is 0 Å². The second-order valence-corrected chi connectivity index (χ2v) is 8.02. The molecule has 0 aliphatic heterocycles. The molecule has 4 amide bonds. The van der Waals surface area contributed by atoms with Gasteiger partial charge in [0.1, 0.15) is 23.9 Å². The Bertz CT molecular complexity index is 1080. The van der Waals surface area contributed by atoms with Gasteiger partial charge in [-0.05, 0) is 23.3 Å². The number of rotatable bonds is 13. The van der Waals surface area contributed by atoms with Crippen molar-refractivity contribution in [3.63, 3.8) is 0 Å². The maximum atomic E-state index is 13.2. The molecule has 3 unspecified atom stereocenters. The van der Waals surface area contributed by atoms with E-state index >= 15 is 0 Å². The molecule has 2 aromatic carbocycles. The Balaban J connectivity index is 2.27. The quantitative estimate of drug-likeness (QED) is 0.173. The number of hydrogen-bond acceptors (Lipinski definition) is 7. The van der Waals surface area contributed by atoms with E-state index in [1.165, 1.54) is 12.1 Å². The van der Waals surface area contributed by atoms with E-state index in [0.717, 1.165) is 0 Å². The third-order valence-electron chi connectivity index (χ3n) is 5.15. The van der Waals surface area contributed by atoms with Gasteiger partial charge in [-0.15, -0.1) is 0 Å². The fraction of sp³-hybridized carbons (Fsp3) is 0.292. The van der Waals surface area contributed by atoms with Crippen LogP contribution in [0.2, 0.25) is 0 Å². The van der Waals surface area contributed by atoms with Gasteiger partial charge in [-0.1, -0.05) is 42.5 Å². The molecule has 0 radical (unpaired) electrons. The highest BCUT2D eigenvalue weighted by Gasteiger charge is 2.30. The summed E-state index contributed by atoms with van der Waals surface area (Å²) in [5.41, 5.74) is 11.7. The number of primary amides is 1. The number of benzene rings is 2. The van der Waals surface area contributed by atoms with E-state index in [-0.39, 0.29) is 25.1 Å². The first-order valence-corrected chi connectivity index (χ1v) is 11.0.